The van der Waals surface area contributed by atoms with Gasteiger partial charge in [0.15, 0.2) is 11.5 Å². The van der Waals surface area contributed by atoms with Gasteiger partial charge in [-0.3, -0.25) is 9.69 Å². The predicted molar refractivity (Wildman–Crippen MR) is 123 cm³/mol. The fourth-order valence-electron chi connectivity index (χ4n) is 4.50. The highest BCUT2D eigenvalue weighted by atomic mass is 16.6. The first kappa shape index (κ1) is 20.6. The average Bonchev–Trinajstić information content (AvgIpc) is 3.40. The Kier molecular flexibility index (Phi) is 5.57. The number of nitrogens with zero attached hydrogens (tertiary/aromatic N) is 3. The highest BCUT2D eigenvalue weighted by Gasteiger charge is 2.29. The van der Waals surface area contributed by atoms with Gasteiger partial charge in [-0.25, -0.2) is 4.68 Å². The SMILES string of the molecule is Cc1ccc(-n2nc(C)cc2NC(=O)CN2CCC[C@H]2c2ccc3c(c2)OCCO3)cc1. The highest BCUT2D eigenvalue weighted by Crippen LogP contribution is 2.38. The molecule has 1 N–H and O–H groups in total. The lowest BCUT2D eigenvalue weighted by Gasteiger charge is -2.26. The molecule has 166 valence electrons. The van der Waals surface area contributed by atoms with Gasteiger partial charge in [0.05, 0.1) is 17.9 Å². The van der Waals surface area contributed by atoms with Crippen molar-refractivity contribution >= 4 is 11.7 Å². The molecule has 1 atom stereocenters. The Morgan fingerprint density at radius 2 is 1.84 bits per heavy atom. The van der Waals surface area contributed by atoms with Crippen LogP contribution in [0.15, 0.2) is 48.5 Å². The van der Waals surface area contributed by atoms with Gasteiger partial charge in [0.2, 0.25) is 5.91 Å². The van der Waals surface area contributed by atoms with E-state index in [9.17, 15) is 4.79 Å². The number of anilines is 1. The monoisotopic (exact) mass is 432 g/mol. The van der Waals surface area contributed by atoms with Crippen LogP contribution in [0.3, 0.4) is 0 Å². The van der Waals surface area contributed by atoms with Gasteiger partial charge < -0.3 is 14.8 Å². The van der Waals surface area contributed by atoms with E-state index in [4.69, 9.17) is 9.47 Å². The standard InChI is InChI=1S/C25H28N4O3/c1-17-5-8-20(9-6-17)29-24(14-18(2)27-29)26-25(30)16-28-11-3-4-21(28)19-7-10-22-23(15-19)32-13-12-31-22/h5-10,14-15,21H,3-4,11-13,16H2,1-2H3,(H,26,30)/t21-/m0/s1. The number of amides is 1. The summed E-state index contributed by atoms with van der Waals surface area (Å²) in [6, 6.07) is 16.3. The Bertz CT molecular complexity index is 1120. The number of nitrogens with one attached hydrogen (secondary N) is 1. The Morgan fingerprint density at radius 1 is 1.06 bits per heavy atom. The first-order valence-electron chi connectivity index (χ1n) is 11.1. The van der Waals surface area contributed by atoms with Crippen molar-refractivity contribution in [2.75, 3.05) is 31.6 Å². The summed E-state index contributed by atoms with van der Waals surface area (Å²) in [5, 5.41) is 7.63. The van der Waals surface area contributed by atoms with E-state index in [2.05, 4.69) is 34.4 Å². The summed E-state index contributed by atoms with van der Waals surface area (Å²) in [6.45, 7) is 6.36. The van der Waals surface area contributed by atoms with Crippen molar-refractivity contribution in [3.63, 3.8) is 0 Å². The molecule has 5 rings (SSSR count). The van der Waals surface area contributed by atoms with Crippen LogP contribution < -0.4 is 14.8 Å². The fraction of sp³-hybridized carbons (Fsp3) is 0.360. The molecule has 0 unspecified atom stereocenters. The minimum Gasteiger partial charge on any atom is -0.486 e. The van der Waals surface area contributed by atoms with Crippen LogP contribution in [0.2, 0.25) is 0 Å². The number of aryl methyl sites for hydroxylation is 2. The number of benzene rings is 2. The van der Waals surface area contributed by atoms with Crippen LogP contribution in [0.4, 0.5) is 5.82 Å². The topological polar surface area (TPSA) is 68.6 Å². The Balaban J connectivity index is 1.30. The zero-order valence-corrected chi connectivity index (χ0v) is 18.5. The van der Waals surface area contributed by atoms with Gasteiger partial charge in [-0.2, -0.15) is 5.10 Å². The molecule has 3 heterocycles. The molecule has 2 aliphatic heterocycles. The summed E-state index contributed by atoms with van der Waals surface area (Å²) in [5.41, 5.74) is 4.13. The van der Waals surface area contributed by atoms with E-state index in [0.29, 0.717) is 25.6 Å². The third-order valence-corrected chi connectivity index (χ3v) is 6.04. The minimum absolute atomic E-state index is 0.0392. The maximum Gasteiger partial charge on any atom is 0.239 e. The molecule has 1 aromatic heterocycles. The molecule has 0 saturated carbocycles. The molecule has 0 aliphatic carbocycles. The Hall–Kier alpha value is -3.32. The summed E-state index contributed by atoms with van der Waals surface area (Å²) in [7, 11) is 0. The third-order valence-electron chi connectivity index (χ3n) is 6.04. The summed E-state index contributed by atoms with van der Waals surface area (Å²) in [5.74, 6) is 2.23. The predicted octanol–water partition coefficient (Wildman–Crippen LogP) is 4.04. The van der Waals surface area contributed by atoms with Gasteiger partial charge in [0.25, 0.3) is 0 Å². The lowest BCUT2D eigenvalue weighted by atomic mass is 10.0. The number of rotatable bonds is 5. The molecule has 7 heteroatoms. The minimum atomic E-state index is -0.0392. The van der Waals surface area contributed by atoms with Gasteiger partial charge in [-0.1, -0.05) is 23.8 Å². The number of hydrogen-bond donors (Lipinski definition) is 1. The lowest BCUT2D eigenvalue weighted by Crippen LogP contribution is -2.33. The second-order valence-corrected chi connectivity index (χ2v) is 8.50. The summed E-state index contributed by atoms with van der Waals surface area (Å²) >= 11 is 0. The van der Waals surface area contributed by atoms with Gasteiger partial charge >= 0.3 is 0 Å². The average molecular weight is 433 g/mol. The van der Waals surface area contributed by atoms with Crippen molar-refractivity contribution < 1.29 is 14.3 Å². The van der Waals surface area contributed by atoms with Gasteiger partial charge in [-0.05, 0) is 63.1 Å². The Morgan fingerprint density at radius 3 is 2.66 bits per heavy atom. The lowest BCUT2D eigenvalue weighted by molar-refractivity contribution is -0.117. The van der Waals surface area contributed by atoms with Crippen LogP contribution in [0.1, 0.15) is 35.7 Å². The van der Waals surface area contributed by atoms with Crippen molar-refractivity contribution in [2.24, 2.45) is 0 Å². The molecule has 2 aromatic carbocycles. The summed E-state index contributed by atoms with van der Waals surface area (Å²) in [4.78, 5) is 15.2. The zero-order valence-electron chi connectivity index (χ0n) is 18.5. The molecule has 1 amide bonds. The van der Waals surface area contributed by atoms with E-state index < -0.39 is 0 Å². The molecular weight excluding hydrogens is 404 g/mol. The molecule has 0 radical (unpaired) electrons. The van der Waals surface area contributed by atoms with Crippen LogP contribution in [0.25, 0.3) is 5.69 Å². The normalized spacial score (nSPS) is 18.0. The van der Waals surface area contributed by atoms with Crippen LogP contribution in [0.5, 0.6) is 11.5 Å². The summed E-state index contributed by atoms with van der Waals surface area (Å²) in [6.07, 6.45) is 2.08. The maximum atomic E-state index is 13.0. The Labute approximate surface area is 187 Å². The van der Waals surface area contributed by atoms with Crippen LogP contribution in [-0.4, -0.2) is 46.9 Å². The molecule has 1 saturated heterocycles. The maximum absolute atomic E-state index is 13.0. The molecular formula is C25H28N4O3. The van der Waals surface area contributed by atoms with E-state index in [1.54, 1.807) is 4.68 Å². The van der Waals surface area contributed by atoms with Crippen molar-refractivity contribution in [2.45, 2.75) is 32.7 Å². The zero-order chi connectivity index (χ0) is 22.1. The number of carbonyl (C=O) groups excluding carboxylic acids is 1. The van der Waals surface area contributed by atoms with Gasteiger partial charge in [0, 0.05) is 12.1 Å². The first-order chi connectivity index (χ1) is 15.6. The highest BCUT2D eigenvalue weighted by molar-refractivity contribution is 5.91. The number of aromatic nitrogens is 2. The van der Waals surface area contributed by atoms with E-state index >= 15 is 0 Å². The summed E-state index contributed by atoms with van der Waals surface area (Å²) < 4.78 is 13.2. The molecule has 7 nitrogen and oxygen atoms in total. The quantitative estimate of drug-likeness (QED) is 0.659. The number of ether oxygens (including phenoxy) is 2. The van der Waals surface area contributed by atoms with Crippen molar-refractivity contribution in [3.05, 3.63) is 65.4 Å². The van der Waals surface area contributed by atoms with Crippen LogP contribution in [-0.2, 0) is 4.79 Å². The molecule has 2 aliphatic rings. The number of hydrogen-bond acceptors (Lipinski definition) is 5. The second kappa shape index (κ2) is 8.67. The van der Waals surface area contributed by atoms with E-state index in [0.717, 1.165) is 42.3 Å². The number of carbonyl (C=O) groups is 1. The molecule has 0 spiro atoms. The second-order valence-electron chi connectivity index (χ2n) is 8.50. The number of fused-ring (bicyclic) bond motifs is 1. The number of likely N-dealkylation sites (tertiary alicyclic amines) is 1. The smallest absolute Gasteiger partial charge is 0.239 e. The van der Waals surface area contributed by atoms with Crippen molar-refractivity contribution in [1.29, 1.82) is 0 Å². The van der Waals surface area contributed by atoms with Crippen molar-refractivity contribution in [3.8, 4) is 17.2 Å². The van der Waals surface area contributed by atoms with Crippen molar-refractivity contribution in [1.82, 2.24) is 14.7 Å². The van der Waals surface area contributed by atoms with E-state index in [-0.39, 0.29) is 11.9 Å². The molecule has 32 heavy (non-hydrogen) atoms. The largest absolute Gasteiger partial charge is 0.486 e. The van der Waals surface area contributed by atoms with Crippen LogP contribution in [0, 0.1) is 13.8 Å². The third kappa shape index (κ3) is 4.21. The van der Waals surface area contributed by atoms with Gasteiger partial charge in [0.1, 0.15) is 19.0 Å². The molecule has 1 fully saturated rings. The van der Waals surface area contributed by atoms with E-state index in [1.807, 2.05) is 43.3 Å². The van der Waals surface area contributed by atoms with Crippen LogP contribution >= 0.6 is 0 Å². The first-order valence-corrected chi connectivity index (χ1v) is 11.1. The molecule has 3 aromatic rings. The molecule has 0 bridgehead atoms. The van der Waals surface area contributed by atoms with E-state index in [1.165, 1.54) is 11.1 Å². The fourth-order valence-corrected chi connectivity index (χ4v) is 4.50. The van der Waals surface area contributed by atoms with Gasteiger partial charge in [-0.15, -0.1) is 0 Å².